The van der Waals surface area contributed by atoms with E-state index in [2.05, 4.69) is 6.92 Å². The van der Waals surface area contributed by atoms with Crippen molar-refractivity contribution in [2.45, 2.75) is 33.1 Å². The smallest absolute Gasteiger partial charge is 0.263 e. The molecule has 1 aromatic heterocycles. The first-order valence-electron chi connectivity index (χ1n) is 6.56. The van der Waals surface area contributed by atoms with E-state index >= 15 is 0 Å². The third-order valence-electron chi connectivity index (χ3n) is 3.53. The summed E-state index contributed by atoms with van der Waals surface area (Å²) in [5.74, 6) is 0.431. The fraction of sp³-hybridized carbons (Fsp3) is 0.571. The average molecular weight is 265 g/mol. The van der Waals surface area contributed by atoms with Gasteiger partial charge in [0.2, 0.25) is 0 Å². The Hall–Kier alpha value is -1.16. The number of Topliss-reactive ketones (excluding diaryl/α,β-unsaturated/α-hetero) is 1. The molecule has 0 N–H and O–H groups in total. The topological polar surface area (TPSA) is 37.4 Å². The largest absolute Gasteiger partial charge is 0.337 e. The van der Waals surface area contributed by atoms with Gasteiger partial charge in [-0.1, -0.05) is 13.8 Å². The number of thiophene rings is 1. The van der Waals surface area contributed by atoms with Crippen LogP contribution in [0.5, 0.6) is 0 Å². The van der Waals surface area contributed by atoms with Crippen molar-refractivity contribution in [3.63, 3.8) is 0 Å². The highest BCUT2D eigenvalue weighted by atomic mass is 32.1. The second-order valence-corrected chi connectivity index (χ2v) is 5.86. The normalized spacial score (nSPS) is 20.2. The molecule has 1 aromatic rings. The van der Waals surface area contributed by atoms with Gasteiger partial charge in [0, 0.05) is 30.3 Å². The minimum Gasteiger partial charge on any atom is -0.337 e. The van der Waals surface area contributed by atoms with Crippen molar-refractivity contribution in [1.29, 1.82) is 0 Å². The van der Waals surface area contributed by atoms with Crippen LogP contribution in [-0.4, -0.2) is 29.7 Å². The Kier molecular flexibility index (Phi) is 4.17. The quantitative estimate of drug-likeness (QED) is 0.842. The van der Waals surface area contributed by atoms with Crippen LogP contribution < -0.4 is 0 Å². The molecule has 1 aliphatic heterocycles. The van der Waals surface area contributed by atoms with E-state index in [4.69, 9.17) is 0 Å². The fourth-order valence-electron chi connectivity index (χ4n) is 2.29. The van der Waals surface area contributed by atoms with E-state index in [0.29, 0.717) is 25.3 Å². The highest BCUT2D eigenvalue weighted by Gasteiger charge is 2.29. The predicted molar refractivity (Wildman–Crippen MR) is 73.0 cm³/mol. The van der Waals surface area contributed by atoms with Gasteiger partial charge in [-0.05, 0) is 25.0 Å². The molecule has 0 aromatic carbocycles. The number of likely N-dealkylation sites (tertiary alicyclic amines) is 1. The Morgan fingerprint density at radius 2 is 2.22 bits per heavy atom. The van der Waals surface area contributed by atoms with Crippen LogP contribution >= 0.6 is 11.3 Å². The zero-order valence-corrected chi connectivity index (χ0v) is 11.8. The van der Waals surface area contributed by atoms with Gasteiger partial charge in [0.1, 0.15) is 5.78 Å². The van der Waals surface area contributed by atoms with Gasteiger partial charge in [-0.3, -0.25) is 9.59 Å². The molecule has 1 aliphatic rings. The van der Waals surface area contributed by atoms with Gasteiger partial charge in [0.15, 0.2) is 0 Å². The number of piperidine rings is 1. The zero-order valence-electron chi connectivity index (χ0n) is 10.9. The summed E-state index contributed by atoms with van der Waals surface area (Å²) in [5, 5.41) is 0. The number of amides is 1. The summed E-state index contributed by atoms with van der Waals surface area (Å²) < 4.78 is 0. The van der Waals surface area contributed by atoms with E-state index in [0.717, 1.165) is 17.7 Å². The lowest BCUT2D eigenvalue weighted by Gasteiger charge is -2.31. The minimum absolute atomic E-state index is 0.0355. The molecule has 0 radical (unpaired) electrons. The summed E-state index contributed by atoms with van der Waals surface area (Å²) >= 11 is 1.57. The van der Waals surface area contributed by atoms with E-state index in [9.17, 15) is 9.59 Å². The molecule has 2 heterocycles. The number of hydrogen-bond acceptors (Lipinski definition) is 3. The summed E-state index contributed by atoms with van der Waals surface area (Å²) in [7, 11) is 0. The Morgan fingerprint density at radius 3 is 2.83 bits per heavy atom. The van der Waals surface area contributed by atoms with Crippen molar-refractivity contribution in [3.05, 3.63) is 21.9 Å². The molecule has 1 unspecified atom stereocenters. The molecule has 18 heavy (non-hydrogen) atoms. The van der Waals surface area contributed by atoms with E-state index in [-0.39, 0.29) is 11.8 Å². The van der Waals surface area contributed by atoms with E-state index in [1.165, 1.54) is 4.88 Å². The zero-order chi connectivity index (χ0) is 13.1. The lowest BCUT2D eigenvalue weighted by Crippen LogP contribution is -2.43. The molecule has 0 spiro atoms. The van der Waals surface area contributed by atoms with E-state index in [1.54, 1.807) is 11.3 Å². The number of aryl methyl sites for hydroxylation is 1. The molecule has 1 saturated heterocycles. The highest BCUT2D eigenvalue weighted by molar-refractivity contribution is 7.14. The van der Waals surface area contributed by atoms with Gasteiger partial charge < -0.3 is 4.90 Å². The van der Waals surface area contributed by atoms with Crippen molar-refractivity contribution in [1.82, 2.24) is 4.90 Å². The monoisotopic (exact) mass is 265 g/mol. The molecule has 1 amide bonds. The van der Waals surface area contributed by atoms with Crippen molar-refractivity contribution < 1.29 is 9.59 Å². The predicted octanol–water partition coefficient (Wildman–Crippen LogP) is 2.75. The molecule has 0 bridgehead atoms. The molecular formula is C14H19NO2S. The van der Waals surface area contributed by atoms with Crippen LogP contribution in [0.1, 0.15) is 41.2 Å². The maximum Gasteiger partial charge on any atom is 0.263 e. The van der Waals surface area contributed by atoms with Gasteiger partial charge >= 0.3 is 0 Å². The van der Waals surface area contributed by atoms with Gasteiger partial charge in [0.05, 0.1) is 4.88 Å². The SMILES string of the molecule is CCc1ccc(C(=O)N2CCC(=O)C(CC)C2)s1. The highest BCUT2D eigenvalue weighted by Crippen LogP contribution is 2.22. The Bertz CT molecular complexity index is 452. The van der Waals surface area contributed by atoms with Crippen LogP contribution in [0.25, 0.3) is 0 Å². The maximum atomic E-state index is 12.3. The third kappa shape index (κ3) is 2.64. The van der Waals surface area contributed by atoms with Crippen LogP contribution in [0.3, 0.4) is 0 Å². The summed E-state index contributed by atoms with van der Waals surface area (Å²) in [6, 6.07) is 3.92. The molecular weight excluding hydrogens is 246 g/mol. The molecule has 0 aliphatic carbocycles. The second kappa shape index (κ2) is 5.65. The van der Waals surface area contributed by atoms with Gasteiger partial charge in [0.25, 0.3) is 5.91 Å². The lowest BCUT2D eigenvalue weighted by atomic mass is 9.94. The van der Waals surface area contributed by atoms with Gasteiger partial charge in [-0.2, -0.15) is 0 Å². The van der Waals surface area contributed by atoms with Gasteiger partial charge in [-0.15, -0.1) is 11.3 Å². The number of rotatable bonds is 3. The van der Waals surface area contributed by atoms with Crippen molar-refractivity contribution in [2.75, 3.05) is 13.1 Å². The number of nitrogens with zero attached hydrogens (tertiary/aromatic N) is 1. The molecule has 1 fully saturated rings. The molecule has 3 nitrogen and oxygen atoms in total. The molecule has 0 saturated carbocycles. The number of hydrogen-bond donors (Lipinski definition) is 0. The average Bonchev–Trinajstić information content (AvgIpc) is 2.87. The summed E-state index contributed by atoms with van der Waals surface area (Å²) in [6.45, 7) is 5.27. The number of carbonyl (C=O) groups is 2. The van der Waals surface area contributed by atoms with E-state index in [1.807, 2.05) is 24.0 Å². The Labute approximate surface area is 112 Å². The summed E-state index contributed by atoms with van der Waals surface area (Å²) in [5.41, 5.74) is 0. The third-order valence-corrected chi connectivity index (χ3v) is 4.74. The van der Waals surface area contributed by atoms with Gasteiger partial charge in [-0.25, -0.2) is 0 Å². The maximum absolute atomic E-state index is 12.3. The van der Waals surface area contributed by atoms with Crippen LogP contribution in [0.4, 0.5) is 0 Å². The standard InChI is InChI=1S/C14H19NO2S/c1-3-10-9-15(8-7-12(10)16)14(17)13-6-5-11(4-2)18-13/h5-6,10H,3-4,7-9H2,1-2H3. The fourth-order valence-corrected chi connectivity index (χ4v) is 3.20. The molecule has 2 rings (SSSR count). The Morgan fingerprint density at radius 1 is 1.44 bits per heavy atom. The molecule has 98 valence electrons. The summed E-state index contributed by atoms with van der Waals surface area (Å²) in [4.78, 5) is 27.8. The number of ketones is 1. The number of carbonyl (C=O) groups excluding carboxylic acids is 2. The molecule has 1 atom stereocenters. The first-order chi connectivity index (χ1) is 8.65. The van der Waals surface area contributed by atoms with Crippen LogP contribution in [-0.2, 0) is 11.2 Å². The van der Waals surface area contributed by atoms with Crippen molar-refractivity contribution in [3.8, 4) is 0 Å². The van der Waals surface area contributed by atoms with E-state index < -0.39 is 0 Å². The second-order valence-electron chi connectivity index (χ2n) is 4.69. The van der Waals surface area contributed by atoms with Crippen LogP contribution in [0.2, 0.25) is 0 Å². The van der Waals surface area contributed by atoms with Crippen molar-refractivity contribution >= 4 is 23.0 Å². The molecule has 4 heteroatoms. The first kappa shape index (κ1) is 13.3. The van der Waals surface area contributed by atoms with Crippen LogP contribution in [0, 0.1) is 5.92 Å². The summed E-state index contributed by atoms with van der Waals surface area (Å²) in [6.07, 6.45) is 2.30. The lowest BCUT2D eigenvalue weighted by molar-refractivity contribution is -0.125. The van der Waals surface area contributed by atoms with Crippen molar-refractivity contribution in [2.24, 2.45) is 5.92 Å². The van der Waals surface area contributed by atoms with Crippen LogP contribution in [0.15, 0.2) is 12.1 Å². The Balaban J connectivity index is 2.07. The minimum atomic E-state index is 0.0355. The first-order valence-corrected chi connectivity index (χ1v) is 7.38.